The molecule has 3 aromatic heterocycles. The summed E-state index contributed by atoms with van der Waals surface area (Å²) in [5.74, 6) is -0.621. The molecule has 3 heterocycles. The van der Waals surface area contributed by atoms with Crippen LogP contribution in [0.15, 0.2) is 41.5 Å². The number of nitro groups is 1. The van der Waals surface area contributed by atoms with Crippen molar-refractivity contribution in [3.05, 3.63) is 68.3 Å². The molecule has 0 atom stereocenters. The first-order valence-corrected chi connectivity index (χ1v) is 8.02. The van der Waals surface area contributed by atoms with Crippen LogP contribution < -0.4 is 5.56 Å². The summed E-state index contributed by atoms with van der Waals surface area (Å²) in [7, 11) is 1.24. The number of aromatic nitrogens is 5. The van der Waals surface area contributed by atoms with E-state index in [1.54, 1.807) is 25.1 Å². The maximum absolute atomic E-state index is 12.9. The molecule has 0 N–H and O–H groups in total. The van der Waals surface area contributed by atoms with Crippen LogP contribution in [-0.4, -0.2) is 42.4 Å². The highest BCUT2D eigenvalue weighted by atomic mass is 16.6. The fourth-order valence-electron chi connectivity index (χ4n) is 2.89. The van der Waals surface area contributed by atoms with E-state index in [9.17, 15) is 19.7 Å². The maximum atomic E-state index is 12.9. The van der Waals surface area contributed by atoms with Crippen LogP contribution in [0.2, 0.25) is 0 Å². The molecular formula is C17H12N6O5. The van der Waals surface area contributed by atoms with Gasteiger partial charge in [0.15, 0.2) is 11.2 Å². The van der Waals surface area contributed by atoms with Crippen molar-refractivity contribution in [1.82, 2.24) is 24.4 Å². The molecule has 0 aliphatic rings. The van der Waals surface area contributed by atoms with Crippen LogP contribution in [0.1, 0.15) is 15.9 Å². The summed E-state index contributed by atoms with van der Waals surface area (Å²) < 4.78 is 7.23. The molecule has 0 aliphatic carbocycles. The molecule has 0 amide bonds. The predicted octanol–water partition coefficient (Wildman–Crippen LogP) is 1.43. The van der Waals surface area contributed by atoms with E-state index in [2.05, 4.69) is 20.0 Å². The van der Waals surface area contributed by atoms with Crippen molar-refractivity contribution in [2.45, 2.75) is 6.92 Å². The van der Waals surface area contributed by atoms with Gasteiger partial charge in [-0.25, -0.2) is 9.31 Å². The third-order valence-electron chi connectivity index (χ3n) is 4.34. The molecule has 0 unspecified atom stereocenters. The third-order valence-corrected chi connectivity index (χ3v) is 4.34. The zero-order valence-electron chi connectivity index (χ0n) is 14.7. The Balaban J connectivity index is 1.94. The zero-order chi connectivity index (χ0) is 20.0. The molecule has 0 fully saturated rings. The first kappa shape index (κ1) is 17.3. The molecule has 11 nitrogen and oxygen atoms in total. The molecule has 0 bridgehead atoms. The molecule has 0 saturated carbocycles. The van der Waals surface area contributed by atoms with Crippen molar-refractivity contribution in [3.63, 3.8) is 0 Å². The number of fused-ring (bicyclic) bond motifs is 3. The van der Waals surface area contributed by atoms with Crippen LogP contribution >= 0.6 is 0 Å². The van der Waals surface area contributed by atoms with Gasteiger partial charge in [0.1, 0.15) is 11.1 Å². The standard InChI is InChI=1S/C17H12N6O5/c1-9-3-4-10(7-13(9)23(26)27)21-6-5-12-14(16(21)24)19-20-15-11(17(25)28-2)8-18-22(12)15/h3-8H,1-2H3. The van der Waals surface area contributed by atoms with Gasteiger partial charge in [-0.15, -0.1) is 10.2 Å². The number of esters is 1. The fourth-order valence-corrected chi connectivity index (χ4v) is 2.89. The molecule has 11 heteroatoms. The van der Waals surface area contributed by atoms with Gasteiger partial charge >= 0.3 is 5.97 Å². The van der Waals surface area contributed by atoms with Gasteiger partial charge in [0, 0.05) is 17.8 Å². The third kappa shape index (κ3) is 2.48. The van der Waals surface area contributed by atoms with Gasteiger partial charge in [-0.2, -0.15) is 5.10 Å². The lowest BCUT2D eigenvalue weighted by atomic mass is 10.2. The number of rotatable bonds is 3. The van der Waals surface area contributed by atoms with Gasteiger partial charge in [-0.3, -0.25) is 19.5 Å². The van der Waals surface area contributed by atoms with Gasteiger partial charge in [-0.1, -0.05) is 6.07 Å². The Hall–Kier alpha value is -4.15. The Bertz CT molecular complexity index is 1340. The van der Waals surface area contributed by atoms with E-state index >= 15 is 0 Å². The molecule has 0 spiro atoms. The second kappa shape index (κ2) is 6.23. The van der Waals surface area contributed by atoms with Crippen molar-refractivity contribution in [2.75, 3.05) is 7.11 Å². The predicted molar refractivity (Wildman–Crippen MR) is 96.6 cm³/mol. The highest BCUT2D eigenvalue weighted by molar-refractivity contribution is 5.96. The highest BCUT2D eigenvalue weighted by Gasteiger charge is 2.19. The summed E-state index contributed by atoms with van der Waals surface area (Å²) >= 11 is 0. The van der Waals surface area contributed by atoms with Crippen LogP contribution in [0.4, 0.5) is 5.69 Å². The van der Waals surface area contributed by atoms with Crippen molar-refractivity contribution in [2.24, 2.45) is 0 Å². The molecular weight excluding hydrogens is 368 g/mol. The van der Waals surface area contributed by atoms with Crippen LogP contribution in [0.3, 0.4) is 0 Å². The lowest BCUT2D eigenvalue weighted by Gasteiger charge is -2.08. The van der Waals surface area contributed by atoms with Gasteiger partial charge < -0.3 is 4.74 Å². The molecule has 4 rings (SSSR count). The SMILES string of the molecule is COC(=O)c1cnn2c1nnc1c(=O)n(-c3ccc(C)c([N+](=O)[O-])c3)ccc12. The summed E-state index contributed by atoms with van der Waals surface area (Å²) in [6.07, 6.45) is 2.74. The van der Waals surface area contributed by atoms with Crippen LogP contribution in [0, 0.1) is 17.0 Å². The Kier molecular flexibility index (Phi) is 3.84. The lowest BCUT2D eigenvalue weighted by Crippen LogP contribution is -2.20. The topological polar surface area (TPSA) is 135 Å². The van der Waals surface area contributed by atoms with E-state index in [4.69, 9.17) is 0 Å². The normalized spacial score (nSPS) is 11.1. The van der Waals surface area contributed by atoms with Gasteiger partial charge in [0.2, 0.25) is 0 Å². The smallest absolute Gasteiger partial charge is 0.343 e. The number of nitrogens with zero attached hydrogens (tertiary/aromatic N) is 6. The number of ether oxygens (including phenoxy) is 1. The summed E-state index contributed by atoms with van der Waals surface area (Å²) in [4.78, 5) is 35.3. The first-order valence-electron chi connectivity index (χ1n) is 8.02. The molecule has 4 aromatic rings. The second-order valence-electron chi connectivity index (χ2n) is 5.94. The lowest BCUT2D eigenvalue weighted by molar-refractivity contribution is -0.385. The summed E-state index contributed by atoms with van der Waals surface area (Å²) in [6, 6.07) is 6.05. The van der Waals surface area contributed by atoms with Gasteiger partial charge in [-0.05, 0) is 19.1 Å². The number of carbonyl (C=O) groups is 1. The summed E-state index contributed by atoms with van der Waals surface area (Å²) in [6.45, 7) is 1.61. The van der Waals surface area contributed by atoms with Gasteiger partial charge in [0.25, 0.3) is 11.2 Å². The average molecular weight is 380 g/mol. The van der Waals surface area contributed by atoms with Crippen LogP contribution in [-0.2, 0) is 4.74 Å². The first-order chi connectivity index (χ1) is 13.4. The van der Waals surface area contributed by atoms with Crippen molar-refractivity contribution in [3.8, 4) is 5.69 Å². The molecule has 28 heavy (non-hydrogen) atoms. The quantitative estimate of drug-likeness (QED) is 0.296. The largest absolute Gasteiger partial charge is 0.465 e. The summed E-state index contributed by atoms with van der Waals surface area (Å²) in [5, 5.41) is 23.1. The minimum Gasteiger partial charge on any atom is -0.465 e. The van der Waals surface area contributed by atoms with E-state index in [1.807, 2.05) is 0 Å². The van der Waals surface area contributed by atoms with Crippen molar-refractivity contribution < 1.29 is 14.5 Å². The Morgan fingerprint density at radius 2 is 2.04 bits per heavy atom. The molecule has 1 aromatic carbocycles. The number of hydrogen-bond acceptors (Lipinski definition) is 8. The number of hydrogen-bond donors (Lipinski definition) is 0. The van der Waals surface area contributed by atoms with E-state index in [0.717, 1.165) is 0 Å². The van der Waals surface area contributed by atoms with E-state index in [0.29, 0.717) is 16.8 Å². The van der Waals surface area contributed by atoms with Crippen molar-refractivity contribution in [1.29, 1.82) is 0 Å². The van der Waals surface area contributed by atoms with Crippen LogP contribution in [0.5, 0.6) is 0 Å². The number of pyridine rings is 1. The summed E-state index contributed by atoms with van der Waals surface area (Å²) in [5.41, 5.74) is 0.789. The molecule has 140 valence electrons. The fraction of sp³-hybridized carbons (Fsp3) is 0.118. The Morgan fingerprint density at radius 3 is 2.75 bits per heavy atom. The minimum absolute atomic E-state index is 0.00209. The van der Waals surface area contributed by atoms with E-state index in [1.165, 1.54) is 34.7 Å². The molecule has 0 radical (unpaired) electrons. The number of carbonyl (C=O) groups excluding carboxylic acids is 1. The molecule has 0 saturated heterocycles. The van der Waals surface area contributed by atoms with E-state index in [-0.39, 0.29) is 22.4 Å². The van der Waals surface area contributed by atoms with Crippen molar-refractivity contribution >= 4 is 28.3 Å². The Morgan fingerprint density at radius 1 is 1.25 bits per heavy atom. The number of nitro benzene ring substituents is 1. The molecule has 0 aliphatic heterocycles. The average Bonchev–Trinajstić information content (AvgIpc) is 3.12. The second-order valence-corrected chi connectivity index (χ2v) is 5.94. The number of benzene rings is 1. The highest BCUT2D eigenvalue weighted by Crippen LogP contribution is 2.21. The van der Waals surface area contributed by atoms with E-state index < -0.39 is 16.5 Å². The maximum Gasteiger partial charge on any atom is 0.343 e. The van der Waals surface area contributed by atoms with Crippen LogP contribution in [0.25, 0.3) is 22.4 Å². The number of methoxy groups -OCH3 is 1. The number of aryl methyl sites for hydroxylation is 1. The monoisotopic (exact) mass is 380 g/mol. The minimum atomic E-state index is -0.621. The Labute approximate surface area is 155 Å². The zero-order valence-corrected chi connectivity index (χ0v) is 14.7. The van der Waals surface area contributed by atoms with Gasteiger partial charge in [0.05, 0.1) is 23.9 Å².